The Kier molecular flexibility index (Phi) is 2.70. The van der Waals surface area contributed by atoms with E-state index in [0.29, 0.717) is 6.42 Å². The predicted molar refractivity (Wildman–Crippen MR) is 56.6 cm³/mol. The third kappa shape index (κ3) is 2.18. The summed E-state index contributed by atoms with van der Waals surface area (Å²) in [4.78, 5) is 22.8. The minimum absolute atomic E-state index is 0.200. The van der Waals surface area contributed by atoms with Gasteiger partial charge in [-0.15, -0.1) is 0 Å². The Morgan fingerprint density at radius 1 is 1.24 bits per heavy atom. The molecule has 1 amide bonds. The van der Waals surface area contributed by atoms with Crippen molar-refractivity contribution in [3.63, 3.8) is 0 Å². The van der Waals surface area contributed by atoms with Gasteiger partial charge in [-0.3, -0.25) is 9.59 Å². The first-order valence-corrected chi connectivity index (χ1v) is 6.60. The molecule has 0 aromatic carbocycles. The van der Waals surface area contributed by atoms with Gasteiger partial charge in [0.05, 0.1) is 11.8 Å². The highest BCUT2D eigenvalue weighted by Crippen LogP contribution is 2.48. The van der Waals surface area contributed by atoms with Crippen LogP contribution in [0.25, 0.3) is 0 Å². The van der Waals surface area contributed by atoms with Gasteiger partial charge in [0.15, 0.2) is 0 Å². The van der Waals surface area contributed by atoms with E-state index in [0.717, 1.165) is 0 Å². The summed E-state index contributed by atoms with van der Waals surface area (Å²) < 4.78 is 23.2. The molecule has 2 bridgehead atoms. The minimum atomic E-state index is -4.14. The van der Waals surface area contributed by atoms with Crippen molar-refractivity contribution in [2.24, 2.45) is 28.8 Å². The number of hydrogen-bond donors (Lipinski definition) is 3. The molecular weight excluding hydrogens is 248 g/mol. The van der Waals surface area contributed by atoms with E-state index >= 15 is 0 Å². The third-order valence-electron chi connectivity index (χ3n) is 3.29. The number of hydrogen-bond acceptors (Lipinski definition) is 4. The number of allylic oxidation sites excluding steroid dienone is 2. The monoisotopic (exact) mass is 260 g/mol. The van der Waals surface area contributed by atoms with Crippen molar-refractivity contribution in [3.8, 4) is 0 Å². The number of rotatable bonds is 3. The van der Waals surface area contributed by atoms with Gasteiger partial charge in [0, 0.05) is 0 Å². The van der Waals surface area contributed by atoms with E-state index in [2.05, 4.69) is 0 Å². The molecule has 1 saturated carbocycles. The second-order valence-electron chi connectivity index (χ2n) is 4.35. The average molecular weight is 260 g/mol. The van der Waals surface area contributed by atoms with Gasteiger partial charge in [0.1, 0.15) is 0 Å². The Labute approximate surface area is 97.9 Å². The van der Waals surface area contributed by atoms with Crippen LogP contribution in [0.4, 0.5) is 0 Å². The molecule has 0 spiro atoms. The van der Waals surface area contributed by atoms with Crippen LogP contribution in [0.3, 0.4) is 0 Å². The van der Waals surface area contributed by atoms with Gasteiger partial charge < -0.3 is 5.11 Å². The Hall–Kier alpha value is -1.41. The zero-order valence-corrected chi connectivity index (χ0v) is 9.55. The van der Waals surface area contributed by atoms with Gasteiger partial charge >= 0.3 is 5.97 Å². The molecule has 0 saturated heterocycles. The summed E-state index contributed by atoms with van der Waals surface area (Å²) in [5, 5.41) is 13.8. The average Bonchev–Trinajstić information content (AvgIpc) is 2.72. The molecule has 2 aliphatic carbocycles. The fourth-order valence-corrected chi connectivity index (χ4v) is 3.14. The maximum Gasteiger partial charge on any atom is 0.307 e. The molecule has 0 radical (unpaired) electrons. The van der Waals surface area contributed by atoms with Crippen LogP contribution in [0.2, 0.25) is 0 Å². The lowest BCUT2D eigenvalue weighted by Gasteiger charge is -2.23. The van der Waals surface area contributed by atoms with Gasteiger partial charge in [-0.25, -0.2) is 9.86 Å². The van der Waals surface area contributed by atoms with Crippen molar-refractivity contribution in [2.45, 2.75) is 6.42 Å². The number of nitrogens with one attached hydrogen (secondary N) is 1. The highest BCUT2D eigenvalue weighted by Gasteiger charge is 2.52. The lowest BCUT2D eigenvalue weighted by atomic mass is 9.83. The number of nitrogens with two attached hydrogens (primary N) is 1. The highest BCUT2D eigenvalue weighted by molar-refractivity contribution is 7.87. The smallest absolute Gasteiger partial charge is 0.307 e. The molecule has 2 aliphatic rings. The third-order valence-corrected chi connectivity index (χ3v) is 3.78. The van der Waals surface area contributed by atoms with E-state index in [4.69, 9.17) is 10.2 Å². The number of carboxylic acids is 1. The van der Waals surface area contributed by atoms with Crippen LogP contribution in [0.5, 0.6) is 0 Å². The maximum absolute atomic E-state index is 11.7. The summed E-state index contributed by atoms with van der Waals surface area (Å²) in [7, 11) is -4.14. The molecule has 4 N–H and O–H groups in total. The van der Waals surface area contributed by atoms with Crippen LogP contribution in [0.15, 0.2) is 12.2 Å². The van der Waals surface area contributed by atoms with E-state index in [1.807, 2.05) is 0 Å². The molecule has 0 heterocycles. The number of fused-ring (bicyclic) bond motifs is 2. The fourth-order valence-electron chi connectivity index (χ4n) is 2.72. The summed E-state index contributed by atoms with van der Waals surface area (Å²) in [6.45, 7) is 0. The Morgan fingerprint density at radius 2 is 1.76 bits per heavy atom. The zero-order chi connectivity index (χ0) is 12.8. The van der Waals surface area contributed by atoms with Crippen LogP contribution in [0.1, 0.15) is 6.42 Å². The van der Waals surface area contributed by atoms with E-state index < -0.39 is 33.9 Å². The molecule has 17 heavy (non-hydrogen) atoms. The normalized spacial score (nSPS) is 34.9. The van der Waals surface area contributed by atoms with Crippen LogP contribution >= 0.6 is 0 Å². The molecule has 7 nitrogen and oxygen atoms in total. The Bertz CT molecular complexity index is 498. The van der Waals surface area contributed by atoms with E-state index in [-0.39, 0.29) is 11.8 Å². The van der Waals surface area contributed by atoms with Crippen LogP contribution < -0.4 is 9.86 Å². The molecule has 0 unspecified atom stereocenters. The van der Waals surface area contributed by atoms with Crippen LogP contribution in [-0.4, -0.2) is 25.4 Å². The molecule has 0 aliphatic heterocycles. The topological polar surface area (TPSA) is 127 Å². The van der Waals surface area contributed by atoms with Crippen molar-refractivity contribution < 1.29 is 23.1 Å². The first kappa shape index (κ1) is 12.1. The fraction of sp³-hybridized carbons (Fsp3) is 0.556. The van der Waals surface area contributed by atoms with Gasteiger partial charge in [0.2, 0.25) is 5.91 Å². The van der Waals surface area contributed by atoms with Crippen molar-refractivity contribution in [1.29, 1.82) is 0 Å². The number of amides is 1. The molecule has 8 heteroatoms. The second kappa shape index (κ2) is 3.81. The summed E-state index contributed by atoms with van der Waals surface area (Å²) in [5.74, 6) is -4.07. The summed E-state index contributed by atoms with van der Waals surface area (Å²) >= 11 is 0. The predicted octanol–water partition coefficient (Wildman–Crippen LogP) is -1.17. The second-order valence-corrected chi connectivity index (χ2v) is 5.64. The summed E-state index contributed by atoms with van der Waals surface area (Å²) in [6, 6.07) is 0. The van der Waals surface area contributed by atoms with Crippen molar-refractivity contribution >= 4 is 22.1 Å². The Morgan fingerprint density at radius 3 is 2.24 bits per heavy atom. The SMILES string of the molecule is NS(=O)(=O)NC(=O)[C@@H]1[C@@H](C(=O)O)[C@H]2C=C[C@H]1C2. The van der Waals surface area contributed by atoms with Crippen molar-refractivity contribution in [2.75, 3.05) is 0 Å². The van der Waals surface area contributed by atoms with Crippen molar-refractivity contribution in [1.82, 2.24) is 4.72 Å². The quantitative estimate of drug-likeness (QED) is 0.551. The molecule has 0 aromatic heterocycles. The zero-order valence-electron chi connectivity index (χ0n) is 8.74. The van der Waals surface area contributed by atoms with E-state index in [9.17, 15) is 18.0 Å². The molecule has 4 atom stereocenters. The van der Waals surface area contributed by atoms with Crippen LogP contribution in [-0.2, 0) is 19.8 Å². The summed E-state index contributed by atoms with van der Waals surface area (Å²) in [6.07, 6.45) is 4.10. The standard InChI is InChI=1S/C9H12N2O5S/c10-17(15,16)11-8(12)6-4-1-2-5(3-4)7(6)9(13)14/h1-2,4-7H,3H2,(H,11,12)(H,13,14)(H2,10,15,16)/t4-,5-,6-,7-/m0/s1. The number of carbonyl (C=O) groups excluding carboxylic acids is 1. The number of carboxylic acid groups (broad SMARTS) is 1. The highest BCUT2D eigenvalue weighted by atomic mass is 32.2. The minimum Gasteiger partial charge on any atom is -0.481 e. The molecular formula is C9H12N2O5S. The van der Waals surface area contributed by atoms with Crippen LogP contribution in [0, 0.1) is 23.7 Å². The maximum atomic E-state index is 11.7. The van der Waals surface area contributed by atoms with E-state index in [1.54, 1.807) is 16.9 Å². The molecule has 94 valence electrons. The Balaban J connectivity index is 2.23. The number of aliphatic carboxylic acids is 1. The first-order chi connectivity index (χ1) is 7.79. The van der Waals surface area contributed by atoms with Gasteiger partial charge in [-0.05, 0) is 18.3 Å². The first-order valence-electron chi connectivity index (χ1n) is 5.05. The van der Waals surface area contributed by atoms with Gasteiger partial charge in [0.25, 0.3) is 10.2 Å². The lowest BCUT2D eigenvalue weighted by molar-refractivity contribution is -0.147. The molecule has 2 rings (SSSR count). The molecule has 0 aromatic rings. The molecule has 1 fully saturated rings. The number of carbonyl (C=O) groups is 2. The van der Waals surface area contributed by atoms with Crippen molar-refractivity contribution in [3.05, 3.63) is 12.2 Å². The van der Waals surface area contributed by atoms with Gasteiger partial charge in [-0.1, -0.05) is 12.2 Å². The lowest BCUT2D eigenvalue weighted by Crippen LogP contribution is -2.44. The van der Waals surface area contributed by atoms with E-state index in [1.165, 1.54) is 0 Å². The van der Waals surface area contributed by atoms with Gasteiger partial charge in [-0.2, -0.15) is 8.42 Å². The summed E-state index contributed by atoms with van der Waals surface area (Å²) in [5.41, 5.74) is 0. The largest absolute Gasteiger partial charge is 0.481 e.